The normalized spacial score (nSPS) is 11.3. The van der Waals surface area contributed by atoms with E-state index < -0.39 is 0 Å². The van der Waals surface area contributed by atoms with Crippen molar-refractivity contribution in [2.45, 2.75) is 47.1 Å². The predicted molar refractivity (Wildman–Crippen MR) is 135 cm³/mol. The molecule has 2 aromatic heterocycles. The molecule has 0 radical (unpaired) electrons. The maximum atomic E-state index is 13.6. The Labute approximate surface area is 198 Å². The second kappa shape index (κ2) is 9.75. The molecular weight excluding hydrogens is 432 g/mol. The van der Waals surface area contributed by atoms with Gasteiger partial charge in [-0.3, -0.25) is 14.4 Å². The molecular formula is C26H30N4O2S. The summed E-state index contributed by atoms with van der Waals surface area (Å²) in [5.41, 5.74) is 4.83. The standard InChI is InChI=1S/C26H30N4O2S/c1-6-32-21-12-10-20(11-13-21)25(31)29(14-15-30-19(5)16-18(4)28-30)26-27-24-22(17(2)3)8-7-9-23(24)33-26/h7-13,16-17H,6,14-15H2,1-5H3. The molecule has 172 valence electrons. The Morgan fingerprint density at radius 1 is 1.15 bits per heavy atom. The highest BCUT2D eigenvalue weighted by Crippen LogP contribution is 2.34. The zero-order valence-electron chi connectivity index (χ0n) is 19.8. The maximum Gasteiger partial charge on any atom is 0.260 e. The molecule has 0 bridgehead atoms. The molecule has 0 N–H and O–H groups in total. The number of carbonyl (C=O) groups excluding carboxylic acids is 1. The van der Waals surface area contributed by atoms with Crippen LogP contribution in [0.3, 0.4) is 0 Å². The van der Waals surface area contributed by atoms with Crippen LogP contribution in [0.1, 0.15) is 54.0 Å². The first kappa shape index (κ1) is 23.0. The first-order chi connectivity index (χ1) is 15.9. The lowest BCUT2D eigenvalue weighted by Gasteiger charge is -2.20. The van der Waals surface area contributed by atoms with E-state index in [0.29, 0.717) is 36.3 Å². The molecule has 4 aromatic rings. The first-order valence-corrected chi connectivity index (χ1v) is 12.1. The number of hydrogen-bond acceptors (Lipinski definition) is 5. The van der Waals surface area contributed by atoms with Crippen LogP contribution in [-0.4, -0.2) is 33.8 Å². The Morgan fingerprint density at radius 2 is 1.91 bits per heavy atom. The van der Waals surface area contributed by atoms with Gasteiger partial charge < -0.3 is 4.74 Å². The van der Waals surface area contributed by atoms with Gasteiger partial charge in [0.15, 0.2) is 5.13 Å². The molecule has 2 aromatic carbocycles. The number of thiazole rings is 1. The lowest BCUT2D eigenvalue weighted by Crippen LogP contribution is -2.34. The number of anilines is 1. The molecule has 0 saturated carbocycles. The molecule has 2 heterocycles. The van der Waals surface area contributed by atoms with Crippen molar-refractivity contribution in [3.63, 3.8) is 0 Å². The van der Waals surface area contributed by atoms with Gasteiger partial charge in [-0.2, -0.15) is 5.10 Å². The summed E-state index contributed by atoms with van der Waals surface area (Å²) in [7, 11) is 0. The highest BCUT2D eigenvalue weighted by Gasteiger charge is 2.23. The molecule has 1 amide bonds. The van der Waals surface area contributed by atoms with Crippen LogP contribution in [0.15, 0.2) is 48.5 Å². The number of aromatic nitrogens is 3. The Bertz CT molecular complexity index is 1260. The first-order valence-electron chi connectivity index (χ1n) is 11.3. The summed E-state index contributed by atoms with van der Waals surface area (Å²) in [5, 5.41) is 5.27. The lowest BCUT2D eigenvalue weighted by atomic mass is 10.0. The van der Waals surface area contributed by atoms with Gasteiger partial charge in [0, 0.05) is 17.8 Å². The highest BCUT2D eigenvalue weighted by molar-refractivity contribution is 7.22. The number of carbonyl (C=O) groups is 1. The third kappa shape index (κ3) is 4.93. The number of nitrogens with zero attached hydrogens (tertiary/aromatic N) is 4. The van der Waals surface area contributed by atoms with Gasteiger partial charge >= 0.3 is 0 Å². The molecule has 0 spiro atoms. The molecule has 0 aliphatic carbocycles. The van der Waals surface area contributed by atoms with Crippen molar-refractivity contribution in [1.82, 2.24) is 14.8 Å². The van der Waals surface area contributed by atoms with Crippen LogP contribution in [-0.2, 0) is 6.54 Å². The smallest absolute Gasteiger partial charge is 0.260 e. The zero-order valence-corrected chi connectivity index (χ0v) is 20.6. The number of rotatable bonds is 8. The third-order valence-electron chi connectivity index (χ3n) is 5.59. The fraction of sp³-hybridized carbons (Fsp3) is 0.346. The molecule has 4 rings (SSSR count). The fourth-order valence-corrected chi connectivity index (χ4v) is 4.96. The summed E-state index contributed by atoms with van der Waals surface area (Å²) in [4.78, 5) is 20.4. The molecule has 33 heavy (non-hydrogen) atoms. The van der Waals surface area contributed by atoms with E-state index in [1.165, 1.54) is 5.56 Å². The van der Waals surface area contributed by atoms with E-state index in [1.807, 2.05) is 55.8 Å². The van der Waals surface area contributed by atoms with Crippen molar-refractivity contribution < 1.29 is 9.53 Å². The largest absolute Gasteiger partial charge is 0.494 e. The lowest BCUT2D eigenvalue weighted by molar-refractivity contribution is 0.0985. The van der Waals surface area contributed by atoms with Gasteiger partial charge in [0.1, 0.15) is 5.75 Å². The monoisotopic (exact) mass is 462 g/mol. The zero-order chi connectivity index (χ0) is 23.5. The summed E-state index contributed by atoms with van der Waals surface area (Å²) >= 11 is 1.56. The maximum absolute atomic E-state index is 13.6. The van der Waals surface area contributed by atoms with E-state index >= 15 is 0 Å². The summed E-state index contributed by atoms with van der Waals surface area (Å²) in [5.74, 6) is 1.03. The van der Waals surface area contributed by atoms with Crippen LogP contribution >= 0.6 is 11.3 Å². The van der Waals surface area contributed by atoms with Crippen molar-refractivity contribution in [1.29, 1.82) is 0 Å². The van der Waals surface area contributed by atoms with E-state index in [2.05, 4.69) is 37.1 Å². The van der Waals surface area contributed by atoms with Gasteiger partial charge in [0.25, 0.3) is 5.91 Å². The molecule has 0 aliphatic heterocycles. The van der Waals surface area contributed by atoms with Gasteiger partial charge in [0.05, 0.1) is 29.1 Å². The van der Waals surface area contributed by atoms with Crippen LogP contribution in [0.5, 0.6) is 5.75 Å². The Balaban J connectivity index is 1.70. The number of hydrogen-bond donors (Lipinski definition) is 0. The highest BCUT2D eigenvalue weighted by atomic mass is 32.1. The number of ether oxygens (including phenoxy) is 1. The molecule has 0 saturated heterocycles. The van der Waals surface area contributed by atoms with Crippen LogP contribution in [0, 0.1) is 13.8 Å². The van der Waals surface area contributed by atoms with Gasteiger partial charge in [0.2, 0.25) is 0 Å². The Hall–Kier alpha value is -3.19. The van der Waals surface area contributed by atoms with E-state index in [4.69, 9.17) is 9.72 Å². The summed E-state index contributed by atoms with van der Waals surface area (Å²) in [6, 6.07) is 15.6. The van der Waals surface area contributed by atoms with E-state index in [0.717, 1.165) is 27.4 Å². The number of para-hydroxylation sites is 1. The minimum absolute atomic E-state index is 0.0790. The molecule has 0 atom stereocenters. The minimum Gasteiger partial charge on any atom is -0.494 e. The number of amides is 1. The van der Waals surface area contributed by atoms with Crippen LogP contribution in [0.25, 0.3) is 10.2 Å². The summed E-state index contributed by atoms with van der Waals surface area (Å²) < 4.78 is 8.57. The second-order valence-corrected chi connectivity index (χ2v) is 9.42. The van der Waals surface area contributed by atoms with Gasteiger partial charge in [-0.25, -0.2) is 4.98 Å². The average Bonchev–Trinajstić information content (AvgIpc) is 3.36. The van der Waals surface area contributed by atoms with E-state index in [9.17, 15) is 4.79 Å². The quantitative estimate of drug-likeness (QED) is 0.323. The Kier molecular flexibility index (Phi) is 6.79. The second-order valence-electron chi connectivity index (χ2n) is 8.41. The number of benzene rings is 2. The van der Waals surface area contributed by atoms with Crippen molar-refractivity contribution in [3.05, 3.63) is 71.0 Å². The SMILES string of the molecule is CCOc1ccc(C(=O)N(CCn2nc(C)cc2C)c2nc3c(C(C)C)cccc3s2)cc1. The van der Waals surface area contributed by atoms with E-state index in [-0.39, 0.29) is 5.91 Å². The average molecular weight is 463 g/mol. The van der Waals surface area contributed by atoms with E-state index in [1.54, 1.807) is 16.2 Å². The van der Waals surface area contributed by atoms with Crippen LogP contribution in [0.2, 0.25) is 0 Å². The predicted octanol–water partition coefficient (Wildman–Crippen LogP) is 5.98. The van der Waals surface area contributed by atoms with Crippen molar-refractivity contribution >= 4 is 32.6 Å². The molecule has 6 nitrogen and oxygen atoms in total. The molecule has 0 fully saturated rings. The fourth-order valence-electron chi connectivity index (χ4n) is 3.94. The van der Waals surface area contributed by atoms with Crippen molar-refractivity contribution in [2.75, 3.05) is 18.1 Å². The van der Waals surface area contributed by atoms with Gasteiger partial charge in [-0.1, -0.05) is 37.3 Å². The minimum atomic E-state index is -0.0790. The van der Waals surface area contributed by atoms with Crippen molar-refractivity contribution in [2.24, 2.45) is 0 Å². The summed E-state index contributed by atoms with van der Waals surface area (Å²) in [6.07, 6.45) is 0. The molecule has 0 aliphatic rings. The molecule has 0 unspecified atom stereocenters. The molecule has 7 heteroatoms. The van der Waals surface area contributed by atoms with Gasteiger partial charge in [-0.15, -0.1) is 0 Å². The summed E-state index contributed by atoms with van der Waals surface area (Å²) in [6.45, 7) is 11.9. The van der Waals surface area contributed by atoms with Crippen LogP contribution < -0.4 is 9.64 Å². The number of fused-ring (bicyclic) bond motifs is 1. The van der Waals surface area contributed by atoms with Crippen molar-refractivity contribution in [3.8, 4) is 5.75 Å². The van der Waals surface area contributed by atoms with Gasteiger partial charge in [-0.05, 0) is 68.7 Å². The third-order valence-corrected chi connectivity index (χ3v) is 6.63. The topological polar surface area (TPSA) is 60.2 Å². The number of aryl methyl sites for hydroxylation is 2. The Morgan fingerprint density at radius 3 is 2.55 bits per heavy atom. The van der Waals surface area contributed by atoms with Crippen LogP contribution in [0.4, 0.5) is 5.13 Å².